The molecular formula is C23H31NO9. The van der Waals surface area contributed by atoms with Crippen molar-refractivity contribution in [2.24, 2.45) is 0 Å². The molecule has 0 aliphatic rings. The third-order valence-electron chi connectivity index (χ3n) is 5.09. The minimum atomic E-state index is -1.07. The highest BCUT2D eigenvalue weighted by atomic mass is 16.6. The summed E-state index contributed by atoms with van der Waals surface area (Å²) in [5.41, 5.74) is 0.519. The average molecular weight is 465 g/mol. The Morgan fingerprint density at radius 2 is 1.27 bits per heavy atom. The van der Waals surface area contributed by atoms with E-state index >= 15 is 0 Å². The van der Waals surface area contributed by atoms with Crippen molar-refractivity contribution < 1.29 is 38.8 Å². The second-order valence-electron chi connectivity index (χ2n) is 7.24. The van der Waals surface area contributed by atoms with E-state index in [0.717, 1.165) is 0 Å². The molecule has 0 radical (unpaired) electrons. The molecule has 0 fully saturated rings. The summed E-state index contributed by atoms with van der Waals surface area (Å²) in [6.45, 7) is 2.18. The summed E-state index contributed by atoms with van der Waals surface area (Å²) < 4.78 is 26.7. The monoisotopic (exact) mass is 465 g/mol. The van der Waals surface area contributed by atoms with Crippen LogP contribution in [0.4, 0.5) is 5.69 Å². The van der Waals surface area contributed by atoms with E-state index in [4.69, 9.17) is 23.7 Å². The van der Waals surface area contributed by atoms with Crippen molar-refractivity contribution in [3.8, 4) is 28.7 Å². The zero-order chi connectivity index (χ0) is 24.5. The number of hydrogen-bond acceptors (Lipinski definition) is 9. The molecule has 0 saturated heterocycles. The molecule has 10 heteroatoms. The number of aliphatic hydroxyl groups excluding tert-OH is 2. The van der Waals surface area contributed by atoms with Gasteiger partial charge in [-0.1, -0.05) is 6.92 Å². The van der Waals surface area contributed by atoms with Crippen molar-refractivity contribution in [1.29, 1.82) is 0 Å². The van der Waals surface area contributed by atoms with Crippen LogP contribution in [-0.4, -0.2) is 50.2 Å². The van der Waals surface area contributed by atoms with E-state index < -0.39 is 17.1 Å². The molecular weight excluding hydrogens is 434 g/mol. The summed E-state index contributed by atoms with van der Waals surface area (Å²) in [7, 11) is 5.82. The van der Waals surface area contributed by atoms with Crippen molar-refractivity contribution in [3.63, 3.8) is 0 Å². The number of nitro benzene ring substituents is 1. The number of nitro groups is 1. The number of nitrogens with zero attached hydrogens (tertiary/aromatic N) is 1. The molecule has 0 saturated carbocycles. The SMILES string of the molecule is CCCOc1c(OC)cc(C(O)CCC(O)c2cc(OC)c(OC)c(OC)c2)cc1[N+](=O)[O-]. The predicted octanol–water partition coefficient (Wildman–Crippen LogP) is 3.97. The summed E-state index contributed by atoms with van der Waals surface area (Å²) in [4.78, 5) is 11.0. The summed E-state index contributed by atoms with van der Waals surface area (Å²) in [6, 6.07) is 6.04. The zero-order valence-corrected chi connectivity index (χ0v) is 19.5. The number of benzene rings is 2. The minimum Gasteiger partial charge on any atom is -0.493 e. The molecule has 0 aliphatic heterocycles. The maximum atomic E-state index is 11.6. The first kappa shape index (κ1) is 26.0. The van der Waals surface area contributed by atoms with Gasteiger partial charge in [-0.2, -0.15) is 0 Å². The van der Waals surface area contributed by atoms with Crippen molar-refractivity contribution >= 4 is 5.69 Å². The molecule has 2 N–H and O–H groups in total. The van der Waals surface area contributed by atoms with Crippen LogP contribution in [0.25, 0.3) is 0 Å². The highest BCUT2D eigenvalue weighted by Crippen LogP contribution is 2.42. The van der Waals surface area contributed by atoms with Gasteiger partial charge in [0.1, 0.15) is 0 Å². The molecule has 0 heterocycles. The molecule has 2 rings (SSSR count). The number of ether oxygens (including phenoxy) is 5. The molecule has 0 amide bonds. The Labute approximate surface area is 192 Å². The van der Waals surface area contributed by atoms with Gasteiger partial charge in [0.15, 0.2) is 17.2 Å². The second kappa shape index (κ2) is 12.1. The van der Waals surface area contributed by atoms with Gasteiger partial charge in [-0.25, -0.2) is 0 Å². The van der Waals surface area contributed by atoms with Gasteiger partial charge >= 0.3 is 5.69 Å². The molecule has 0 aliphatic carbocycles. The van der Waals surface area contributed by atoms with Crippen LogP contribution in [0.15, 0.2) is 24.3 Å². The first-order valence-electron chi connectivity index (χ1n) is 10.5. The van der Waals surface area contributed by atoms with Crippen LogP contribution in [0, 0.1) is 10.1 Å². The number of aliphatic hydroxyl groups is 2. The van der Waals surface area contributed by atoms with Crippen LogP contribution < -0.4 is 23.7 Å². The van der Waals surface area contributed by atoms with Crippen LogP contribution in [0.1, 0.15) is 49.5 Å². The number of rotatable bonds is 13. The summed E-state index contributed by atoms with van der Waals surface area (Å²) >= 11 is 0. The Hall–Kier alpha value is -3.24. The molecule has 0 spiro atoms. The summed E-state index contributed by atoms with van der Waals surface area (Å²) in [5.74, 6) is 1.39. The van der Waals surface area contributed by atoms with Crippen LogP contribution in [0.5, 0.6) is 28.7 Å². The molecule has 10 nitrogen and oxygen atoms in total. The van der Waals surface area contributed by atoms with E-state index in [1.165, 1.54) is 40.6 Å². The summed E-state index contributed by atoms with van der Waals surface area (Å²) in [6.07, 6.45) is -1.05. The van der Waals surface area contributed by atoms with Gasteiger partial charge in [0, 0.05) is 6.07 Å². The average Bonchev–Trinajstić information content (AvgIpc) is 2.83. The number of methoxy groups -OCH3 is 4. The van der Waals surface area contributed by atoms with E-state index in [-0.39, 0.29) is 30.0 Å². The van der Waals surface area contributed by atoms with Gasteiger partial charge in [-0.3, -0.25) is 10.1 Å². The van der Waals surface area contributed by atoms with Crippen molar-refractivity contribution in [1.82, 2.24) is 0 Å². The smallest absolute Gasteiger partial charge is 0.315 e. The lowest BCUT2D eigenvalue weighted by Crippen LogP contribution is -2.07. The third kappa shape index (κ3) is 6.17. The van der Waals surface area contributed by atoms with E-state index in [2.05, 4.69) is 0 Å². The highest BCUT2D eigenvalue weighted by molar-refractivity contribution is 5.58. The zero-order valence-electron chi connectivity index (χ0n) is 19.5. The number of hydrogen-bond donors (Lipinski definition) is 2. The maximum absolute atomic E-state index is 11.6. The lowest BCUT2D eigenvalue weighted by atomic mass is 9.98. The van der Waals surface area contributed by atoms with Gasteiger partial charge in [0.05, 0.1) is 52.2 Å². The van der Waals surface area contributed by atoms with Gasteiger partial charge in [-0.05, 0) is 48.6 Å². The van der Waals surface area contributed by atoms with Crippen LogP contribution in [0.3, 0.4) is 0 Å². The second-order valence-corrected chi connectivity index (χ2v) is 7.24. The Morgan fingerprint density at radius 1 is 0.818 bits per heavy atom. The minimum absolute atomic E-state index is 0.0257. The Kier molecular flexibility index (Phi) is 9.56. The first-order chi connectivity index (χ1) is 15.8. The highest BCUT2D eigenvalue weighted by Gasteiger charge is 2.25. The van der Waals surface area contributed by atoms with Crippen LogP contribution in [-0.2, 0) is 0 Å². The van der Waals surface area contributed by atoms with Crippen LogP contribution in [0.2, 0.25) is 0 Å². The van der Waals surface area contributed by atoms with Crippen molar-refractivity contribution in [2.45, 2.75) is 38.4 Å². The Bertz CT molecular complexity index is 923. The van der Waals surface area contributed by atoms with Gasteiger partial charge < -0.3 is 33.9 Å². The standard InChI is InChI=1S/C23H31NO9/c1-6-9-33-22-16(24(27)28)10-14(11-19(22)29-2)17(25)7-8-18(26)15-12-20(30-3)23(32-5)21(13-15)31-4/h10-13,17-18,25-26H,6-9H2,1-5H3. The fourth-order valence-electron chi connectivity index (χ4n) is 3.38. The van der Waals surface area contributed by atoms with E-state index in [1.54, 1.807) is 12.1 Å². The summed E-state index contributed by atoms with van der Waals surface area (Å²) in [5, 5.41) is 32.9. The molecule has 2 atom stereocenters. The Balaban J connectivity index is 2.24. The lowest BCUT2D eigenvalue weighted by Gasteiger charge is -2.19. The van der Waals surface area contributed by atoms with Crippen molar-refractivity contribution in [2.75, 3.05) is 35.0 Å². The Morgan fingerprint density at radius 3 is 1.67 bits per heavy atom. The first-order valence-corrected chi connectivity index (χ1v) is 10.5. The quantitative estimate of drug-likeness (QED) is 0.333. The third-order valence-corrected chi connectivity index (χ3v) is 5.09. The topological polar surface area (TPSA) is 130 Å². The molecule has 33 heavy (non-hydrogen) atoms. The van der Waals surface area contributed by atoms with Gasteiger partial charge in [0.2, 0.25) is 11.5 Å². The molecule has 182 valence electrons. The largest absolute Gasteiger partial charge is 0.493 e. The van der Waals surface area contributed by atoms with Crippen molar-refractivity contribution in [3.05, 3.63) is 45.5 Å². The predicted molar refractivity (Wildman–Crippen MR) is 121 cm³/mol. The molecule has 0 bridgehead atoms. The molecule has 2 unspecified atom stereocenters. The van der Waals surface area contributed by atoms with Gasteiger partial charge in [-0.15, -0.1) is 0 Å². The molecule has 0 aromatic heterocycles. The van der Waals surface area contributed by atoms with E-state index in [9.17, 15) is 20.3 Å². The maximum Gasteiger partial charge on any atom is 0.315 e. The normalized spacial score (nSPS) is 12.6. The fraction of sp³-hybridized carbons (Fsp3) is 0.478. The van der Waals surface area contributed by atoms with E-state index in [0.29, 0.717) is 41.4 Å². The lowest BCUT2D eigenvalue weighted by molar-refractivity contribution is -0.386. The fourth-order valence-corrected chi connectivity index (χ4v) is 3.38. The molecule has 2 aromatic carbocycles. The van der Waals surface area contributed by atoms with Crippen LogP contribution >= 0.6 is 0 Å². The van der Waals surface area contributed by atoms with Gasteiger partial charge in [0.25, 0.3) is 0 Å². The van der Waals surface area contributed by atoms with E-state index in [1.807, 2.05) is 6.92 Å². The molecule has 2 aromatic rings.